The van der Waals surface area contributed by atoms with Crippen molar-refractivity contribution in [3.63, 3.8) is 0 Å². The van der Waals surface area contributed by atoms with Crippen LogP contribution in [0, 0.1) is 6.92 Å². The van der Waals surface area contributed by atoms with Crippen LogP contribution in [0.5, 0.6) is 0 Å². The molecule has 3 heterocycles. The Bertz CT molecular complexity index is 773. The average Bonchev–Trinajstić information content (AvgIpc) is 2.94. The first kappa shape index (κ1) is 14.1. The molecule has 0 saturated heterocycles. The quantitative estimate of drug-likeness (QED) is 0.795. The number of imidazole rings is 1. The third-order valence-electron chi connectivity index (χ3n) is 3.35. The summed E-state index contributed by atoms with van der Waals surface area (Å²) in [7, 11) is 1.96. The Morgan fingerprint density at radius 3 is 2.81 bits per heavy atom. The van der Waals surface area contributed by atoms with Gasteiger partial charge in [0.05, 0.1) is 5.69 Å². The van der Waals surface area contributed by atoms with E-state index < -0.39 is 0 Å². The van der Waals surface area contributed by atoms with E-state index in [0.29, 0.717) is 0 Å². The molecule has 0 aliphatic rings. The second kappa shape index (κ2) is 5.50. The first-order valence-corrected chi connectivity index (χ1v) is 7.63. The van der Waals surface area contributed by atoms with Crippen molar-refractivity contribution in [2.75, 3.05) is 0 Å². The maximum Gasteiger partial charge on any atom is 0.197 e. The predicted molar refractivity (Wildman–Crippen MR) is 82.4 cm³/mol. The van der Waals surface area contributed by atoms with Crippen molar-refractivity contribution >= 4 is 17.4 Å². The number of aromatic nitrogens is 5. The summed E-state index contributed by atoms with van der Waals surface area (Å²) >= 11 is 1.53. The number of aryl methyl sites for hydroxylation is 1. The molecule has 0 spiro atoms. The molecule has 2 N–H and O–H groups in total. The van der Waals surface area contributed by atoms with Gasteiger partial charge >= 0.3 is 0 Å². The lowest BCUT2D eigenvalue weighted by Crippen LogP contribution is -2.19. The molecular weight excluding hydrogens is 284 g/mol. The van der Waals surface area contributed by atoms with Crippen LogP contribution in [0.2, 0.25) is 0 Å². The average molecular weight is 302 g/mol. The summed E-state index contributed by atoms with van der Waals surface area (Å²) in [6.45, 7) is 3.94. The van der Waals surface area contributed by atoms with E-state index in [1.807, 2.05) is 49.9 Å². The highest BCUT2D eigenvalue weighted by Gasteiger charge is 2.17. The molecule has 0 aliphatic carbocycles. The zero-order valence-corrected chi connectivity index (χ0v) is 13.1. The van der Waals surface area contributed by atoms with Gasteiger partial charge in [-0.25, -0.2) is 4.98 Å². The van der Waals surface area contributed by atoms with Gasteiger partial charge in [0.2, 0.25) is 0 Å². The topological polar surface area (TPSA) is 74.0 Å². The minimum atomic E-state index is 0.0747. The van der Waals surface area contributed by atoms with Crippen molar-refractivity contribution < 1.29 is 0 Å². The summed E-state index contributed by atoms with van der Waals surface area (Å²) in [6.07, 6.45) is 2.79. The third-order valence-corrected chi connectivity index (χ3v) is 4.41. The van der Waals surface area contributed by atoms with Gasteiger partial charge in [-0.2, -0.15) is 0 Å². The molecule has 7 heteroatoms. The van der Waals surface area contributed by atoms with E-state index in [1.165, 1.54) is 11.8 Å². The Labute approximate surface area is 127 Å². The van der Waals surface area contributed by atoms with Crippen LogP contribution in [0.15, 0.2) is 34.6 Å². The van der Waals surface area contributed by atoms with E-state index in [2.05, 4.69) is 14.6 Å². The summed E-state index contributed by atoms with van der Waals surface area (Å²) in [5, 5.41) is 10.1. The molecule has 21 heavy (non-hydrogen) atoms. The Hall–Kier alpha value is -1.86. The fourth-order valence-electron chi connectivity index (χ4n) is 2.16. The first-order valence-electron chi connectivity index (χ1n) is 6.81. The van der Waals surface area contributed by atoms with Crippen molar-refractivity contribution in [3.05, 3.63) is 35.9 Å². The number of hydrogen-bond acceptors (Lipinski definition) is 5. The molecular formula is C14H18N6S. The molecule has 6 nitrogen and oxygen atoms in total. The van der Waals surface area contributed by atoms with Crippen LogP contribution < -0.4 is 5.73 Å². The van der Waals surface area contributed by atoms with Crippen LogP contribution in [0.4, 0.5) is 0 Å². The van der Waals surface area contributed by atoms with Crippen LogP contribution in [0.3, 0.4) is 0 Å². The minimum Gasteiger partial charge on any atom is -0.328 e. The molecule has 0 saturated carbocycles. The van der Waals surface area contributed by atoms with E-state index in [-0.39, 0.29) is 6.04 Å². The van der Waals surface area contributed by atoms with Crippen LogP contribution >= 0.6 is 11.8 Å². The van der Waals surface area contributed by atoms with Gasteiger partial charge in [0.25, 0.3) is 0 Å². The third kappa shape index (κ3) is 2.66. The van der Waals surface area contributed by atoms with Gasteiger partial charge in [0.1, 0.15) is 16.5 Å². The van der Waals surface area contributed by atoms with E-state index in [1.54, 1.807) is 0 Å². The van der Waals surface area contributed by atoms with Gasteiger partial charge in [-0.3, -0.25) is 0 Å². The number of pyridine rings is 1. The van der Waals surface area contributed by atoms with Gasteiger partial charge in [0.15, 0.2) is 5.16 Å². The summed E-state index contributed by atoms with van der Waals surface area (Å²) in [5.41, 5.74) is 8.03. The maximum absolute atomic E-state index is 5.99. The van der Waals surface area contributed by atoms with Crippen molar-refractivity contribution in [1.82, 2.24) is 24.1 Å². The van der Waals surface area contributed by atoms with Gasteiger partial charge in [0, 0.05) is 25.7 Å². The Morgan fingerprint density at radius 2 is 2.14 bits per heavy atom. The molecule has 0 fully saturated rings. The van der Waals surface area contributed by atoms with Gasteiger partial charge in [-0.05, 0) is 37.7 Å². The monoisotopic (exact) mass is 302 g/mol. The van der Waals surface area contributed by atoms with Crippen molar-refractivity contribution in [2.45, 2.75) is 36.5 Å². The highest BCUT2D eigenvalue weighted by Crippen LogP contribution is 2.30. The molecule has 0 bridgehead atoms. The molecule has 110 valence electrons. The SMILES string of the molecule is Cc1nnc(Sc2nc3ccccn3c2CC(C)N)n1C. The van der Waals surface area contributed by atoms with Crippen LogP contribution in [0.25, 0.3) is 5.65 Å². The largest absolute Gasteiger partial charge is 0.328 e. The molecule has 0 aliphatic heterocycles. The van der Waals surface area contributed by atoms with E-state index in [0.717, 1.165) is 33.8 Å². The lowest BCUT2D eigenvalue weighted by atomic mass is 10.2. The second-order valence-electron chi connectivity index (χ2n) is 5.16. The fourth-order valence-corrected chi connectivity index (χ4v) is 3.12. The number of hydrogen-bond donors (Lipinski definition) is 1. The lowest BCUT2D eigenvalue weighted by Gasteiger charge is -2.07. The molecule has 3 rings (SSSR count). The smallest absolute Gasteiger partial charge is 0.197 e. The molecule has 1 atom stereocenters. The highest BCUT2D eigenvalue weighted by molar-refractivity contribution is 7.99. The van der Waals surface area contributed by atoms with Gasteiger partial charge in [-0.15, -0.1) is 10.2 Å². The molecule has 0 amide bonds. The summed E-state index contributed by atoms with van der Waals surface area (Å²) in [5.74, 6) is 0.884. The van der Waals surface area contributed by atoms with Gasteiger partial charge in [-0.1, -0.05) is 6.07 Å². The molecule has 1 unspecified atom stereocenters. The summed E-state index contributed by atoms with van der Waals surface area (Å²) < 4.78 is 4.05. The number of rotatable bonds is 4. The number of fused-ring (bicyclic) bond motifs is 1. The molecule has 0 radical (unpaired) electrons. The Balaban J connectivity index is 2.06. The predicted octanol–water partition coefficient (Wildman–Crippen LogP) is 1.81. The van der Waals surface area contributed by atoms with E-state index in [4.69, 9.17) is 10.7 Å². The normalized spacial score (nSPS) is 13.0. The molecule has 3 aromatic rings. The molecule has 0 aromatic carbocycles. The minimum absolute atomic E-state index is 0.0747. The van der Waals surface area contributed by atoms with E-state index >= 15 is 0 Å². The van der Waals surface area contributed by atoms with E-state index in [9.17, 15) is 0 Å². The zero-order chi connectivity index (χ0) is 15.0. The van der Waals surface area contributed by atoms with Crippen LogP contribution in [-0.2, 0) is 13.5 Å². The zero-order valence-electron chi connectivity index (χ0n) is 12.3. The Kier molecular flexibility index (Phi) is 3.69. The second-order valence-corrected chi connectivity index (χ2v) is 6.12. The highest BCUT2D eigenvalue weighted by atomic mass is 32.2. The fraction of sp³-hybridized carbons (Fsp3) is 0.357. The van der Waals surface area contributed by atoms with Crippen molar-refractivity contribution in [1.29, 1.82) is 0 Å². The standard InChI is InChI=1S/C14H18N6S/c1-9(15)8-11-13(16-12-6-4-5-7-20(11)12)21-14-18-17-10(2)19(14)3/h4-7,9H,8,15H2,1-3H3. The summed E-state index contributed by atoms with van der Waals surface area (Å²) in [4.78, 5) is 4.70. The molecule has 3 aromatic heterocycles. The van der Waals surface area contributed by atoms with Gasteiger partial charge < -0.3 is 14.7 Å². The van der Waals surface area contributed by atoms with Crippen LogP contribution in [-0.4, -0.2) is 30.2 Å². The number of nitrogens with zero attached hydrogens (tertiary/aromatic N) is 5. The van der Waals surface area contributed by atoms with Crippen molar-refractivity contribution in [2.24, 2.45) is 12.8 Å². The summed E-state index contributed by atoms with van der Waals surface area (Å²) in [6, 6.07) is 6.06. The number of nitrogens with two attached hydrogens (primary N) is 1. The Morgan fingerprint density at radius 1 is 1.33 bits per heavy atom. The lowest BCUT2D eigenvalue weighted by molar-refractivity contribution is 0.704. The maximum atomic E-state index is 5.99. The van der Waals surface area contributed by atoms with Crippen LogP contribution in [0.1, 0.15) is 18.4 Å². The van der Waals surface area contributed by atoms with Crippen molar-refractivity contribution in [3.8, 4) is 0 Å². The first-order chi connectivity index (χ1) is 10.1.